The van der Waals surface area contributed by atoms with Crippen LogP contribution >= 0.6 is 11.6 Å². The Morgan fingerprint density at radius 3 is 2.75 bits per heavy atom. The van der Waals surface area contributed by atoms with Crippen molar-refractivity contribution in [2.24, 2.45) is 5.92 Å². The van der Waals surface area contributed by atoms with Gasteiger partial charge < -0.3 is 10.4 Å². The fourth-order valence-corrected chi connectivity index (χ4v) is 1.44. The van der Waals surface area contributed by atoms with Gasteiger partial charge in [-0.25, -0.2) is 0 Å². The SMILES string of the molecule is CC(CCl)C(=O)NC(C)c1cccc(O)c1. The molecular formula is C12H16ClNO2. The highest BCUT2D eigenvalue weighted by Crippen LogP contribution is 2.18. The first-order valence-electron chi connectivity index (χ1n) is 5.20. The number of aromatic hydroxyl groups is 1. The number of rotatable bonds is 4. The lowest BCUT2D eigenvalue weighted by molar-refractivity contribution is -0.124. The van der Waals surface area contributed by atoms with Crippen LogP contribution in [-0.2, 0) is 4.79 Å². The average molecular weight is 242 g/mol. The zero-order valence-electron chi connectivity index (χ0n) is 9.40. The number of phenolic OH excluding ortho intramolecular Hbond substituents is 1. The van der Waals surface area contributed by atoms with Crippen molar-refractivity contribution in [1.82, 2.24) is 5.32 Å². The Bertz CT molecular complexity index is 368. The highest BCUT2D eigenvalue weighted by atomic mass is 35.5. The van der Waals surface area contributed by atoms with Crippen molar-refractivity contribution in [2.45, 2.75) is 19.9 Å². The van der Waals surface area contributed by atoms with E-state index in [1.54, 1.807) is 25.1 Å². The molecule has 0 spiro atoms. The number of benzene rings is 1. The molecule has 0 heterocycles. The lowest BCUT2D eigenvalue weighted by Crippen LogP contribution is -2.32. The molecule has 2 atom stereocenters. The molecule has 1 aromatic rings. The molecule has 0 saturated carbocycles. The molecule has 0 aliphatic carbocycles. The van der Waals surface area contributed by atoms with E-state index in [2.05, 4.69) is 5.32 Å². The summed E-state index contributed by atoms with van der Waals surface area (Å²) in [5.41, 5.74) is 0.870. The zero-order chi connectivity index (χ0) is 12.1. The van der Waals surface area contributed by atoms with Crippen LogP contribution in [0, 0.1) is 5.92 Å². The molecule has 0 saturated heterocycles. The van der Waals surface area contributed by atoms with E-state index in [1.807, 2.05) is 13.0 Å². The van der Waals surface area contributed by atoms with Gasteiger partial charge >= 0.3 is 0 Å². The van der Waals surface area contributed by atoms with Crippen LogP contribution in [0.1, 0.15) is 25.5 Å². The summed E-state index contributed by atoms with van der Waals surface area (Å²) in [5.74, 6) is 0.217. The monoisotopic (exact) mass is 241 g/mol. The topological polar surface area (TPSA) is 49.3 Å². The van der Waals surface area contributed by atoms with Crippen molar-refractivity contribution in [3.63, 3.8) is 0 Å². The normalized spacial score (nSPS) is 14.2. The maximum atomic E-state index is 11.6. The number of carbonyl (C=O) groups is 1. The summed E-state index contributed by atoms with van der Waals surface area (Å²) in [6.07, 6.45) is 0. The number of hydrogen-bond donors (Lipinski definition) is 2. The summed E-state index contributed by atoms with van der Waals surface area (Å²) in [4.78, 5) is 11.6. The van der Waals surface area contributed by atoms with Crippen molar-refractivity contribution < 1.29 is 9.90 Å². The number of nitrogens with one attached hydrogen (secondary N) is 1. The molecule has 2 N–H and O–H groups in total. The number of alkyl halides is 1. The highest BCUT2D eigenvalue weighted by Gasteiger charge is 2.15. The molecule has 1 amide bonds. The quantitative estimate of drug-likeness (QED) is 0.796. The van der Waals surface area contributed by atoms with Crippen LogP contribution in [0.25, 0.3) is 0 Å². The van der Waals surface area contributed by atoms with Crippen molar-refractivity contribution in [3.05, 3.63) is 29.8 Å². The molecule has 88 valence electrons. The predicted molar refractivity (Wildman–Crippen MR) is 64.5 cm³/mol. The van der Waals surface area contributed by atoms with Gasteiger partial charge in [0.05, 0.1) is 6.04 Å². The smallest absolute Gasteiger partial charge is 0.224 e. The molecule has 0 bridgehead atoms. The highest BCUT2D eigenvalue weighted by molar-refractivity contribution is 6.19. The second-order valence-corrected chi connectivity index (χ2v) is 4.19. The Balaban J connectivity index is 2.65. The molecule has 4 heteroatoms. The maximum absolute atomic E-state index is 11.6. The lowest BCUT2D eigenvalue weighted by Gasteiger charge is -2.16. The summed E-state index contributed by atoms with van der Waals surface area (Å²) < 4.78 is 0. The van der Waals surface area contributed by atoms with Gasteiger partial charge in [0.2, 0.25) is 5.91 Å². The van der Waals surface area contributed by atoms with Gasteiger partial charge in [-0.1, -0.05) is 19.1 Å². The van der Waals surface area contributed by atoms with Gasteiger partial charge in [0.1, 0.15) is 5.75 Å². The summed E-state index contributed by atoms with van der Waals surface area (Å²) in [5, 5.41) is 12.2. The fraction of sp³-hybridized carbons (Fsp3) is 0.417. The van der Waals surface area contributed by atoms with Crippen molar-refractivity contribution in [1.29, 1.82) is 0 Å². The number of hydrogen-bond acceptors (Lipinski definition) is 2. The van der Waals surface area contributed by atoms with Crippen LogP contribution < -0.4 is 5.32 Å². The van der Waals surface area contributed by atoms with E-state index in [1.165, 1.54) is 0 Å². The molecule has 0 radical (unpaired) electrons. The van der Waals surface area contributed by atoms with Gasteiger partial charge in [0.15, 0.2) is 0 Å². The van der Waals surface area contributed by atoms with Crippen LogP contribution in [0.3, 0.4) is 0 Å². The molecular weight excluding hydrogens is 226 g/mol. The summed E-state index contributed by atoms with van der Waals surface area (Å²) in [6, 6.07) is 6.70. The fourth-order valence-electron chi connectivity index (χ4n) is 1.30. The third kappa shape index (κ3) is 3.42. The molecule has 3 nitrogen and oxygen atoms in total. The van der Waals surface area contributed by atoms with Gasteiger partial charge in [0, 0.05) is 11.8 Å². The van der Waals surface area contributed by atoms with Gasteiger partial charge in [-0.3, -0.25) is 4.79 Å². The maximum Gasteiger partial charge on any atom is 0.224 e. The summed E-state index contributed by atoms with van der Waals surface area (Å²) in [6.45, 7) is 3.64. The second kappa shape index (κ2) is 5.75. The molecule has 1 aromatic carbocycles. The molecule has 1 rings (SSSR count). The Morgan fingerprint density at radius 1 is 1.50 bits per heavy atom. The molecule has 0 fully saturated rings. The second-order valence-electron chi connectivity index (χ2n) is 3.88. The third-order valence-corrected chi connectivity index (χ3v) is 2.87. The van der Waals surface area contributed by atoms with E-state index in [0.717, 1.165) is 5.56 Å². The number of amides is 1. The standard InChI is InChI=1S/C12H16ClNO2/c1-8(7-13)12(16)14-9(2)10-4-3-5-11(15)6-10/h3-6,8-9,15H,7H2,1-2H3,(H,14,16). The minimum Gasteiger partial charge on any atom is -0.508 e. The van der Waals surface area contributed by atoms with Crippen LogP contribution in [0.5, 0.6) is 5.75 Å². The Hall–Kier alpha value is -1.22. The molecule has 0 aromatic heterocycles. The van der Waals surface area contributed by atoms with Crippen LogP contribution in [0.2, 0.25) is 0 Å². The summed E-state index contributed by atoms with van der Waals surface area (Å²) >= 11 is 5.60. The third-order valence-electron chi connectivity index (χ3n) is 2.41. The minimum absolute atomic E-state index is 0.0779. The minimum atomic E-state index is -0.207. The van der Waals surface area contributed by atoms with E-state index < -0.39 is 0 Å². The van der Waals surface area contributed by atoms with Crippen LogP contribution in [0.4, 0.5) is 0 Å². The summed E-state index contributed by atoms with van der Waals surface area (Å²) in [7, 11) is 0. The predicted octanol–water partition coefficient (Wildman–Crippen LogP) is 2.44. The first-order chi connectivity index (χ1) is 7.54. The molecule has 16 heavy (non-hydrogen) atoms. The van der Waals surface area contributed by atoms with Gasteiger partial charge in [-0.15, -0.1) is 11.6 Å². The Labute approximate surface area is 100 Å². The number of carbonyl (C=O) groups excluding carboxylic acids is 1. The van der Waals surface area contributed by atoms with Gasteiger partial charge in [-0.2, -0.15) is 0 Å². The van der Waals surface area contributed by atoms with Crippen molar-refractivity contribution >= 4 is 17.5 Å². The first kappa shape index (κ1) is 12.8. The van der Waals surface area contributed by atoms with Gasteiger partial charge in [0.25, 0.3) is 0 Å². The largest absolute Gasteiger partial charge is 0.508 e. The van der Waals surface area contributed by atoms with Crippen LogP contribution in [0.15, 0.2) is 24.3 Å². The van der Waals surface area contributed by atoms with E-state index in [9.17, 15) is 9.90 Å². The van der Waals surface area contributed by atoms with Crippen molar-refractivity contribution in [3.8, 4) is 5.75 Å². The Morgan fingerprint density at radius 2 is 2.19 bits per heavy atom. The zero-order valence-corrected chi connectivity index (χ0v) is 10.2. The van der Waals surface area contributed by atoms with E-state index in [-0.39, 0.29) is 23.6 Å². The van der Waals surface area contributed by atoms with E-state index in [4.69, 9.17) is 11.6 Å². The lowest BCUT2D eigenvalue weighted by atomic mass is 10.1. The first-order valence-corrected chi connectivity index (χ1v) is 5.73. The Kier molecular flexibility index (Phi) is 4.62. The van der Waals surface area contributed by atoms with Gasteiger partial charge in [-0.05, 0) is 24.6 Å². The molecule has 2 unspecified atom stereocenters. The van der Waals surface area contributed by atoms with E-state index >= 15 is 0 Å². The average Bonchev–Trinajstić information content (AvgIpc) is 2.27. The molecule has 0 aliphatic rings. The number of phenols is 1. The van der Waals surface area contributed by atoms with E-state index in [0.29, 0.717) is 5.88 Å². The van der Waals surface area contributed by atoms with Crippen molar-refractivity contribution in [2.75, 3.05) is 5.88 Å². The van der Waals surface area contributed by atoms with Crippen LogP contribution in [-0.4, -0.2) is 16.9 Å². The number of halogens is 1. The molecule has 0 aliphatic heterocycles.